The van der Waals surface area contributed by atoms with Crippen molar-refractivity contribution in [3.05, 3.63) is 65.0 Å². The number of pyridine rings is 1. The first-order valence-electron chi connectivity index (χ1n) is 6.06. The van der Waals surface area contributed by atoms with Crippen LogP contribution < -0.4 is 0 Å². The molecule has 1 heterocycles. The van der Waals surface area contributed by atoms with Gasteiger partial charge in [0.1, 0.15) is 23.4 Å². The maximum Gasteiger partial charge on any atom is 0.357 e. The molecule has 1 aromatic heterocycles. The van der Waals surface area contributed by atoms with Crippen LogP contribution in [0.2, 0.25) is 0 Å². The van der Waals surface area contributed by atoms with Crippen LogP contribution in [0.5, 0.6) is 0 Å². The summed E-state index contributed by atoms with van der Waals surface area (Å²) in [6.07, 6.45) is 0.483. The maximum atomic E-state index is 13.6. The minimum absolute atomic E-state index is 0.0965. The van der Waals surface area contributed by atoms with Crippen molar-refractivity contribution < 1.29 is 18.3 Å². The zero-order valence-corrected chi connectivity index (χ0v) is 11.1. The first-order valence-corrected chi connectivity index (χ1v) is 6.06. The van der Waals surface area contributed by atoms with Crippen LogP contribution in [0.15, 0.2) is 36.5 Å². The minimum atomic E-state index is -1.04. The van der Waals surface area contributed by atoms with Gasteiger partial charge in [0.25, 0.3) is 0 Å². The number of carbonyl (C=O) groups excluding carboxylic acids is 1. The van der Waals surface area contributed by atoms with Crippen LogP contribution >= 0.6 is 0 Å². The molecule has 1 atom stereocenters. The fourth-order valence-corrected chi connectivity index (χ4v) is 1.77. The third-order valence-electron chi connectivity index (χ3n) is 2.81. The van der Waals surface area contributed by atoms with Crippen LogP contribution in [0.3, 0.4) is 0 Å². The van der Waals surface area contributed by atoms with Crippen molar-refractivity contribution in [2.24, 2.45) is 0 Å². The van der Waals surface area contributed by atoms with Gasteiger partial charge in [-0.25, -0.2) is 18.6 Å². The van der Waals surface area contributed by atoms with Crippen LogP contribution in [0.25, 0.3) is 0 Å². The Morgan fingerprint density at radius 2 is 1.85 bits per heavy atom. The molecule has 0 aliphatic carbocycles. The molecule has 0 N–H and O–H groups in total. The molecule has 0 radical (unpaired) electrons. The number of esters is 1. The third-order valence-corrected chi connectivity index (χ3v) is 2.81. The van der Waals surface area contributed by atoms with Crippen molar-refractivity contribution in [2.45, 2.75) is 20.0 Å². The molecular formula is C15H13F2NO2. The van der Waals surface area contributed by atoms with Gasteiger partial charge < -0.3 is 4.74 Å². The molecule has 5 heteroatoms. The second-order valence-electron chi connectivity index (χ2n) is 4.40. The second-order valence-corrected chi connectivity index (χ2v) is 4.40. The molecule has 0 fully saturated rings. The summed E-state index contributed by atoms with van der Waals surface area (Å²) in [6.45, 7) is 3.24. The number of ether oxygens (including phenoxy) is 1. The molecule has 0 aliphatic heterocycles. The van der Waals surface area contributed by atoms with Crippen LogP contribution in [0, 0.1) is 18.6 Å². The smallest absolute Gasteiger partial charge is 0.357 e. The summed E-state index contributed by atoms with van der Waals surface area (Å²) in [4.78, 5) is 15.7. The number of carbonyl (C=O) groups is 1. The molecule has 2 rings (SSSR count). The standard InChI is InChI=1S/C15H13F2NO2/c1-9-6-7-13(18-8-9)15(19)20-10(2)14-11(16)4-3-5-12(14)17/h3-8,10H,1-2H3. The summed E-state index contributed by atoms with van der Waals surface area (Å²) in [7, 11) is 0. The Bertz CT molecular complexity index is 606. The summed E-state index contributed by atoms with van der Waals surface area (Å²) in [5.74, 6) is -2.22. The Morgan fingerprint density at radius 3 is 2.40 bits per heavy atom. The van der Waals surface area contributed by atoms with Crippen LogP contribution in [0.4, 0.5) is 8.78 Å². The summed E-state index contributed by atoms with van der Waals surface area (Å²) in [5, 5.41) is 0. The van der Waals surface area contributed by atoms with E-state index < -0.39 is 23.7 Å². The van der Waals surface area contributed by atoms with E-state index in [-0.39, 0.29) is 11.3 Å². The van der Waals surface area contributed by atoms with Gasteiger partial charge >= 0.3 is 5.97 Å². The van der Waals surface area contributed by atoms with Gasteiger partial charge in [-0.1, -0.05) is 12.1 Å². The first-order chi connectivity index (χ1) is 9.49. The predicted molar refractivity (Wildman–Crippen MR) is 69.2 cm³/mol. The SMILES string of the molecule is Cc1ccc(C(=O)OC(C)c2c(F)cccc2F)nc1. The lowest BCUT2D eigenvalue weighted by molar-refractivity contribution is 0.0317. The number of hydrogen-bond donors (Lipinski definition) is 0. The summed E-state index contributed by atoms with van der Waals surface area (Å²) >= 11 is 0. The zero-order chi connectivity index (χ0) is 14.7. The maximum absolute atomic E-state index is 13.6. The molecule has 0 saturated heterocycles. The number of halogens is 2. The topological polar surface area (TPSA) is 39.2 Å². The van der Waals surface area contributed by atoms with Crippen molar-refractivity contribution in [3.63, 3.8) is 0 Å². The van der Waals surface area contributed by atoms with E-state index in [9.17, 15) is 13.6 Å². The molecule has 2 aromatic rings. The van der Waals surface area contributed by atoms with Crippen molar-refractivity contribution in [2.75, 3.05) is 0 Å². The molecule has 0 bridgehead atoms. The number of hydrogen-bond acceptors (Lipinski definition) is 3. The van der Waals surface area contributed by atoms with Gasteiger partial charge in [-0.15, -0.1) is 0 Å². The Morgan fingerprint density at radius 1 is 1.20 bits per heavy atom. The summed E-state index contributed by atoms with van der Waals surface area (Å²) in [6, 6.07) is 6.70. The van der Waals surface area contributed by atoms with Crippen molar-refractivity contribution in [1.82, 2.24) is 4.98 Å². The van der Waals surface area contributed by atoms with Crippen LogP contribution in [-0.2, 0) is 4.74 Å². The van der Waals surface area contributed by atoms with Crippen molar-refractivity contribution >= 4 is 5.97 Å². The lowest BCUT2D eigenvalue weighted by Crippen LogP contribution is -2.13. The van der Waals surface area contributed by atoms with Gasteiger partial charge in [-0.05, 0) is 37.6 Å². The number of nitrogens with zero attached hydrogens (tertiary/aromatic N) is 1. The number of benzene rings is 1. The number of aromatic nitrogens is 1. The van der Waals surface area contributed by atoms with Crippen molar-refractivity contribution in [1.29, 1.82) is 0 Å². The Labute approximate surface area is 115 Å². The Balaban J connectivity index is 2.17. The largest absolute Gasteiger partial charge is 0.453 e. The average molecular weight is 277 g/mol. The van der Waals surface area contributed by atoms with Crippen LogP contribution in [-0.4, -0.2) is 11.0 Å². The molecule has 104 valence electrons. The van der Waals surface area contributed by atoms with Gasteiger partial charge in [0.2, 0.25) is 0 Å². The van der Waals surface area contributed by atoms with Gasteiger partial charge in [0.15, 0.2) is 0 Å². The Kier molecular flexibility index (Phi) is 4.08. The summed E-state index contributed by atoms with van der Waals surface area (Å²) < 4.78 is 32.2. The van der Waals surface area contributed by atoms with E-state index in [0.29, 0.717) is 0 Å². The van der Waals surface area contributed by atoms with Gasteiger partial charge in [0.05, 0.1) is 5.56 Å². The molecule has 0 saturated carbocycles. The molecule has 0 aliphatic rings. The highest BCUT2D eigenvalue weighted by Gasteiger charge is 2.20. The molecule has 1 aromatic carbocycles. The monoisotopic (exact) mass is 277 g/mol. The molecule has 20 heavy (non-hydrogen) atoms. The quantitative estimate of drug-likeness (QED) is 0.805. The van der Waals surface area contributed by atoms with E-state index in [1.54, 1.807) is 6.07 Å². The predicted octanol–water partition coefficient (Wildman–Crippen LogP) is 3.59. The molecular weight excluding hydrogens is 264 g/mol. The van der Waals surface area contributed by atoms with E-state index in [4.69, 9.17) is 4.74 Å². The summed E-state index contributed by atoms with van der Waals surface area (Å²) in [5.41, 5.74) is 0.724. The fraction of sp³-hybridized carbons (Fsp3) is 0.200. The van der Waals surface area contributed by atoms with Gasteiger partial charge in [0, 0.05) is 6.20 Å². The lowest BCUT2D eigenvalue weighted by Gasteiger charge is -2.14. The molecule has 0 spiro atoms. The normalized spacial score (nSPS) is 12.0. The molecule has 1 unspecified atom stereocenters. The van der Waals surface area contributed by atoms with Crippen LogP contribution in [0.1, 0.15) is 34.6 Å². The van der Waals surface area contributed by atoms with Gasteiger partial charge in [-0.2, -0.15) is 0 Å². The highest BCUT2D eigenvalue weighted by Crippen LogP contribution is 2.24. The molecule has 3 nitrogen and oxygen atoms in total. The molecule has 0 amide bonds. The van der Waals surface area contributed by atoms with E-state index in [0.717, 1.165) is 17.7 Å². The second kappa shape index (κ2) is 5.77. The van der Waals surface area contributed by atoms with Crippen molar-refractivity contribution in [3.8, 4) is 0 Å². The van der Waals surface area contributed by atoms with E-state index in [2.05, 4.69) is 4.98 Å². The first kappa shape index (κ1) is 14.1. The fourth-order valence-electron chi connectivity index (χ4n) is 1.77. The minimum Gasteiger partial charge on any atom is -0.453 e. The van der Waals surface area contributed by atoms with Gasteiger partial charge in [-0.3, -0.25) is 0 Å². The lowest BCUT2D eigenvalue weighted by atomic mass is 10.1. The zero-order valence-electron chi connectivity index (χ0n) is 11.1. The third kappa shape index (κ3) is 2.99. The van der Waals surface area contributed by atoms with E-state index in [1.807, 2.05) is 6.92 Å². The number of aryl methyl sites for hydroxylation is 1. The number of rotatable bonds is 3. The highest BCUT2D eigenvalue weighted by atomic mass is 19.1. The van der Waals surface area contributed by atoms with E-state index >= 15 is 0 Å². The average Bonchev–Trinajstić information content (AvgIpc) is 2.39. The highest BCUT2D eigenvalue weighted by molar-refractivity contribution is 5.87. The van der Waals surface area contributed by atoms with E-state index in [1.165, 1.54) is 25.3 Å². The Hall–Kier alpha value is -2.30.